The second-order valence-corrected chi connectivity index (χ2v) is 12.1. The van der Waals surface area contributed by atoms with Gasteiger partial charge in [0, 0.05) is 31.3 Å². The van der Waals surface area contributed by atoms with E-state index in [0.29, 0.717) is 11.2 Å². The molecule has 6 rings (SSSR count). The summed E-state index contributed by atoms with van der Waals surface area (Å²) in [5.74, 6) is 3.24. The predicted molar refractivity (Wildman–Crippen MR) is 140 cm³/mol. The number of nitrogens with zero attached hydrogens (tertiary/aromatic N) is 6. The third kappa shape index (κ3) is 4.13. The van der Waals surface area contributed by atoms with Crippen molar-refractivity contribution >= 4 is 23.1 Å². The van der Waals surface area contributed by atoms with Gasteiger partial charge in [0.25, 0.3) is 0 Å². The van der Waals surface area contributed by atoms with Crippen molar-refractivity contribution in [3.63, 3.8) is 0 Å². The first-order valence-electron chi connectivity index (χ1n) is 12.1. The molecule has 4 aromatic rings. The van der Waals surface area contributed by atoms with Gasteiger partial charge in [0.2, 0.25) is 5.82 Å². The van der Waals surface area contributed by atoms with Crippen molar-refractivity contribution in [3.8, 4) is 22.0 Å². The highest BCUT2D eigenvalue weighted by Gasteiger charge is 2.60. The highest BCUT2D eigenvalue weighted by Crippen LogP contribution is 2.59. The smallest absolute Gasteiger partial charge is 0.202 e. The largest absolute Gasteiger partial charge is 0.440 e. The van der Waals surface area contributed by atoms with Crippen LogP contribution in [0.15, 0.2) is 40.2 Å². The van der Waals surface area contributed by atoms with Gasteiger partial charge in [-0.1, -0.05) is 30.0 Å². The third-order valence-electron chi connectivity index (χ3n) is 7.45. The molecule has 2 fully saturated rings. The van der Waals surface area contributed by atoms with Crippen molar-refractivity contribution in [3.05, 3.63) is 52.6 Å². The molecule has 4 heterocycles. The number of likely N-dealkylation sites (tertiary alicyclic amines) is 1. The minimum Gasteiger partial charge on any atom is -0.440 e. The first-order chi connectivity index (χ1) is 16.9. The van der Waals surface area contributed by atoms with E-state index in [4.69, 9.17) is 4.42 Å². The Morgan fingerprint density at radius 3 is 2.86 bits per heavy atom. The maximum absolute atomic E-state index is 5.48. The molecule has 2 atom stereocenters. The summed E-state index contributed by atoms with van der Waals surface area (Å²) >= 11 is 3.56. The molecular formula is C26H30N6OS2. The molecule has 1 aliphatic carbocycles. The van der Waals surface area contributed by atoms with Gasteiger partial charge in [0.05, 0.1) is 21.3 Å². The van der Waals surface area contributed by atoms with E-state index in [1.54, 1.807) is 23.1 Å². The van der Waals surface area contributed by atoms with Crippen LogP contribution in [-0.2, 0) is 12.5 Å². The highest BCUT2D eigenvalue weighted by atomic mass is 32.2. The molecule has 2 aliphatic rings. The zero-order valence-corrected chi connectivity index (χ0v) is 22.2. The van der Waals surface area contributed by atoms with Crippen molar-refractivity contribution in [1.82, 2.24) is 29.6 Å². The molecule has 1 saturated carbocycles. The van der Waals surface area contributed by atoms with Crippen LogP contribution in [0.5, 0.6) is 0 Å². The summed E-state index contributed by atoms with van der Waals surface area (Å²) in [5.41, 5.74) is 5.16. The molecule has 0 radical (unpaired) electrons. The van der Waals surface area contributed by atoms with Crippen LogP contribution in [0.3, 0.4) is 0 Å². The van der Waals surface area contributed by atoms with Gasteiger partial charge in [0.15, 0.2) is 17.3 Å². The summed E-state index contributed by atoms with van der Waals surface area (Å²) < 4.78 is 7.48. The molecular weight excluding hydrogens is 476 g/mol. The fourth-order valence-corrected chi connectivity index (χ4v) is 7.33. The average Bonchev–Trinajstić information content (AvgIpc) is 3.25. The number of aryl methyl sites for hydroxylation is 3. The molecule has 182 valence electrons. The Labute approximate surface area is 214 Å². The molecule has 1 aliphatic heterocycles. The lowest BCUT2D eigenvalue weighted by Crippen LogP contribution is -2.27. The topological polar surface area (TPSA) is 72.9 Å². The van der Waals surface area contributed by atoms with Gasteiger partial charge in [0.1, 0.15) is 0 Å². The Kier molecular flexibility index (Phi) is 5.81. The standard InChI is InChI=1S/C26H30N6OS2/c1-16-22(33-15-27-16)24-29-30-25(31(24)4)34-10-6-9-32-13-21-12-26(21,14-32)20-8-5-7-19(11-20)23-17(2)28-18(3)35-23/h5,7-8,11,15,21H,6,9-10,12-14H2,1-4H3/t21-,26+/m0/s1. The number of hydrogen-bond donors (Lipinski definition) is 0. The lowest BCUT2D eigenvalue weighted by molar-refractivity contribution is 0.299. The van der Waals surface area contributed by atoms with Gasteiger partial charge in [-0.25, -0.2) is 9.97 Å². The number of rotatable bonds is 8. The molecule has 35 heavy (non-hydrogen) atoms. The van der Waals surface area contributed by atoms with Gasteiger partial charge in [-0.2, -0.15) is 0 Å². The Bertz CT molecular complexity index is 1370. The molecule has 0 bridgehead atoms. The Morgan fingerprint density at radius 2 is 2.09 bits per heavy atom. The van der Waals surface area contributed by atoms with Crippen LogP contribution in [0, 0.1) is 26.7 Å². The van der Waals surface area contributed by atoms with Crippen LogP contribution in [0.4, 0.5) is 0 Å². The molecule has 9 heteroatoms. The molecule has 0 unspecified atom stereocenters. The van der Waals surface area contributed by atoms with E-state index in [0.717, 1.165) is 52.0 Å². The molecule has 0 amide bonds. The van der Waals surface area contributed by atoms with Crippen LogP contribution >= 0.6 is 23.1 Å². The number of benzene rings is 1. The first kappa shape index (κ1) is 22.9. The number of thiazole rings is 1. The zero-order chi connectivity index (χ0) is 24.2. The summed E-state index contributed by atoms with van der Waals surface area (Å²) in [7, 11) is 1.99. The van der Waals surface area contributed by atoms with E-state index in [1.165, 1.54) is 41.9 Å². The van der Waals surface area contributed by atoms with Gasteiger partial charge in [-0.15, -0.1) is 21.5 Å². The highest BCUT2D eigenvalue weighted by molar-refractivity contribution is 7.99. The van der Waals surface area contributed by atoms with E-state index in [-0.39, 0.29) is 0 Å². The van der Waals surface area contributed by atoms with E-state index in [1.807, 2.05) is 18.5 Å². The molecule has 7 nitrogen and oxygen atoms in total. The summed E-state index contributed by atoms with van der Waals surface area (Å²) in [4.78, 5) is 12.8. The molecule has 0 N–H and O–H groups in total. The normalized spacial score (nSPS) is 21.5. The molecule has 1 aromatic carbocycles. The maximum atomic E-state index is 5.48. The van der Waals surface area contributed by atoms with Crippen molar-refractivity contribution in [1.29, 1.82) is 0 Å². The van der Waals surface area contributed by atoms with Crippen molar-refractivity contribution in [2.24, 2.45) is 13.0 Å². The maximum Gasteiger partial charge on any atom is 0.202 e. The Hall–Kier alpha value is -2.49. The van der Waals surface area contributed by atoms with Crippen LogP contribution in [0.1, 0.15) is 34.8 Å². The monoisotopic (exact) mass is 506 g/mol. The Balaban J connectivity index is 1.05. The van der Waals surface area contributed by atoms with Crippen molar-refractivity contribution in [2.75, 3.05) is 25.4 Å². The molecule has 1 saturated heterocycles. The number of oxazole rings is 1. The van der Waals surface area contributed by atoms with Crippen LogP contribution in [0.25, 0.3) is 22.0 Å². The van der Waals surface area contributed by atoms with Gasteiger partial charge < -0.3 is 13.9 Å². The van der Waals surface area contributed by atoms with E-state index in [9.17, 15) is 0 Å². The van der Waals surface area contributed by atoms with Gasteiger partial charge in [-0.3, -0.25) is 0 Å². The summed E-state index contributed by atoms with van der Waals surface area (Å²) in [6, 6.07) is 9.25. The minimum atomic E-state index is 0.351. The fraction of sp³-hybridized carbons (Fsp3) is 0.462. The van der Waals surface area contributed by atoms with E-state index < -0.39 is 0 Å². The van der Waals surface area contributed by atoms with Crippen molar-refractivity contribution in [2.45, 2.75) is 44.2 Å². The number of hydrogen-bond acceptors (Lipinski definition) is 8. The van der Waals surface area contributed by atoms with Gasteiger partial charge in [-0.05, 0) is 63.3 Å². The lowest BCUT2D eigenvalue weighted by atomic mass is 9.93. The van der Waals surface area contributed by atoms with E-state index in [2.05, 4.69) is 63.2 Å². The van der Waals surface area contributed by atoms with E-state index >= 15 is 0 Å². The summed E-state index contributed by atoms with van der Waals surface area (Å²) in [5, 5.41) is 10.7. The van der Waals surface area contributed by atoms with Crippen LogP contribution in [0.2, 0.25) is 0 Å². The fourth-order valence-electron chi connectivity index (χ4n) is 5.58. The van der Waals surface area contributed by atoms with Crippen molar-refractivity contribution < 1.29 is 4.42 Å². The van der Waals surface area contributed by atoms with Crippen LogP contribution in [-0.4, -0.2) is 55.0 Å². The number of thioether (sulfide) groups is 1. The second kappa shape index (κ2) is 8.87. The quantitative estimate of drug-likeness (QED) is 0.238. The number of aromatic nitrogens is 5. The SMILES string of the molecule is Cc1nc(C)c(-c2cccc([C@]34C[C@H]3CN(CCCSc3nnc(-c5ocnc5C)n3C)C4)c2)s1. The first-order valence-corrected chi connectivity index (χ1v) is 13.9. The summed E-state index contributed by atoms with van der Waals surface area (Å²) in [6.07, 6.45) is 3.92. The van der Waals surface area contributed by atoms with Gasteiger partial charge >= 0.3 is 0 Å². The molecule has 3 aromatic heterocycles. The summed E-state index contributed by atoms with van der Waals surface area (Å²) in [6.45, 7) is 9.65. The van der Waals surface area contributed by atoms with Crippen LogP contribution < -0.4 is 0 Å². The third-order valence-corrected chi connectivity index (χ3v) is 9.68. The predicted octanol–water partition coefficient (Wildman–Crippen LogP) is 5.27. The molecule has 0 spiro atoms. The second-order valence-electron chi connectivity index (χ2n) is 9.85. The minimum absolute atomic E-state index is 0.351. The lowest BCUT2D eigenvalue weighted by Gasteiger charge is -2.21. The number of fused-ring (bicyclic) bond motifs is 1. The average molecular weight is 507 g/mol. The zero-order valence-electron chi connectivity index (χ0n) is 20.6. The Morgan fingerprint density at radius 1 is 1.20 bits per heavy atom. The number of piperidine rings is 1.